The highest BCUT2D eigenvalue weighted by molar-refractivity contribution is 7.07. The molecule has 1 atom stereocenters. The third kappa shape index (κ3) is 3.88. The lowest BCUT2D eigenvalue weighted by Gasteiger charge is -2.31. The molecule has 1 aromatic heterocycles. The first kappa shape index (κ1) is 22.6. The van der Waals surface area contributed by atoms with E-state index in [0.717, 1.165) is 51.5 Å². The Morgan fingerprint density at radius 2 is 1.86 bits per heavy atom. The van der Waals surface area contributed by atoms with Gasteiger partial charge in [0.2, 0.25) is 0 Å². The normalized spacial score (nSPS) is 16.6. The molecule has 0 amide bonds. The van der Waals surface area contributed by atoms with Gasteiger partial charge in [0.25, 0.3) is 5.56 Å². The molecule has 0 unspecified atom stereocenters. The summed E-state index contributed by atoms with van der Waals surface area (Å²) < 4.78 is 13.6. The van der Waals surface area contributed by atoms with Crippen molar-refractivity contribution in [2.24, 2.45) is 4.99 Å². The molecule has 36 heavy (non-hydrogen) atoms. The Hall–Kier alpha value is -3.90. The molecule has 4 aromatic rings. The van der Waals surface area contributed by atoms with Crippen molar-refractivity contribution in [2.45, 2.75) is 25.8 Å². The van der Waals surface area contributed by atoms with E-state index in [0.29, 0.717) is 11.1 Å². The summed E-state index contributed by atoms with van der Waals surface area (Å²) in [5.74, 6) is 1.60. The third-order valence-electron chi connectivity index (χ3n) is 6.77. The Labute approximate surface area is 213 Å². The van der Waals surface area contributed by atoms with Crippen molar-refractivity contribution in [3.8, 4) is 11.5 Å². The van der Waals surface area contributed by atoms with E-state index in [9.17, 15) is 4.79 Å². The molecule has 0 radical (unpaired) electrons. The van der Waals surface area contributed by atoms with Crippen LogP contribution in [0.25, 0.3) is 11.8 Å². The summed E-state index contributed by atoms with van der Waals surface area (Å²) in [6.07, 6.45) is 3.74. The first-order chi connectivity index (χ1) is 17.7. The number of nitrogens with zero attached hydrogens (tertiary/aromatic N) is 2. The maximum atomic E-state index is 13.8. The number of aromatic nitrogens is 1. The number of methoxy groups -OCH3 is 1. The number of thiazole rings is 1. The number of hydrogen-bond donors (Lipinski definition) is 0. The topological polar surface area (TPSA) is 52.8 Å². The highest BCUT2D eigenvalue weighted by atomic mass is 32.1. The number of allylic oxidation sites excluding steroid dienone is 1. The summed E-state index contributed by atoms with van der Waals surface area (Å²) in [6.45, 7) is 2.58. The van der Waals surface area contributed by atoms with Crippen molar-refractivity contribution in [1.29, 1.82) is 0 Å². The van der Waals surface area contributed by atoms with Gasteiger partial charge in [-0.3, -0.25) is 9.36 Å². The minimum atomic E-state index is -0.220. The monoisotopic (exact) mass is 494 g/mol. The van der Waals surface area contributed by atoms with Gasteiger partial charge in [0, 0.05) is 5.56 Å². The van der Waals surface area contributed by atoms with E-state index in [4.69, 9.17) is 14.5 Å². The van der Waals surface area contributed by atoms with Crippen LogP contribution >= 0.6 is 11.3 Å². The van der Waals surface area contributed by atoms with Crippen molar-refractivity contribution in [1.82, 2.24) is 4.57 Å². The molecule has 1 aliphatic carbocycles. The molecule has 6 heteroatoms. The SMILES string of the molecule is CCOc1ccc(/C=c2/sc3n(c2=O)[C@@H](c2cccc(OC)c2)C2=C(N=3)c3ccccc3CC2)cc1. The van der Waals surface area contributed by atoms with E-state index >= 15 is 0 Å². The van der Waals surface area contributed by atoms with Crippen LogP contribution in [0.4, 0.5) is 0 Å². The molecule has 180 valence electrons. The van der Waals surface area contributed by atoms with Gasteiger partial charge in [-0.05, 0) is 72.4 Å². The molecule has 2 heterocycles. The third-order valence-corrected chi connectivity index (χ3v) is 7.75. The van der Waals surface area contributed by atoms with Gasteiger partial charge in [0.1, 0.15) is 11.5 Å². The second-order valence-corrected chi connectivity index (χ2v) is 9.90. The van der Waals surface area contributed by atoms with Crippen molar-refractivity contribution >= 4 is 23.1 Å². The first-order valence-electron chi connectivity index (χ1n) is 12.2. The summed E-state index contributed by atoms with van der Waals surface area (Å²) in [4.78, 5) is 19.7. The van der Waals surface area contributed by atoms with Crippen molar-refractivity contribution in [2.75, 3.05) is 13.7 Å². The zero-order chi connectivity index (χ0) is 24.6. The first-order valence-corrected chi connectivity index (χ1v) is 13.0. The highest BCUT2D eigenvalue weighted by Crippen LogP contribution is 2.41. The Kier molecular flexibility index (Phi) is 5.82. The highest BCUT2D eigenvalue weighted by Gasteiger charge is 2.32. The molecule has 0 spiro atoms. The van der Waals surface area contributed by atoms with Crippen LogP contribution in [0, 0.1) is 0 Å². The lowest BCUT2D eigenvalue weighted by Crippen LogP contribution is -2.38. The molecule has 0 fully saturated rings. The van der Waals surface area contributed by atoms with Gasteiger partial charge in [0.05, 0.1) is 30.0 Å². The van der Waals surface area contributed by atoms with Crippen LogP contribution in [-0.4, -0.2) is 18.3 Å². The van der Waals surface area contributed by atoms with Crippen LogP contribution in [0.1, 0.15) is 41.6 Å². The molecular weight excluding hydrogens is 468 g/mol. The number of fused-ring (bicyclic) bond motifs is 3. The van der Waals surface area contributed by atoms with Crippen molar-refractivity contribution in [3.05, 3.63) is 120 Å². The Morgan fingerprint density at radius 3 is 2.67 bits per heavy atom. The summed E-state index contributed by atoms with van der Waals surface area (Å²) in [5, 5.41) is 0. The van der Waals surface area contributed by atoms with E-state index in [2.05, 4.69) is 30.3 Å². The molecular formula is C30H26N2O3S. The number of aryl methyl sites for hydroxylation is 1. The predicted octanol–water partition coefficient (Wildman–Crippen LogP) is 4.73. The van der Waals surface area contributed by atoms with Crippen LogP contribution in [0.5, 0.6) is 11.5 Å². The zero-order valence-electron chi connectivity index (χ0n) is 20.2. The number of ether oxygens (including phenoxy) is 2. The lowest BCUT2D eigenvalue weighted by molar-refractivity contribution is 0.340. The summed E-state index contributed by atoms with van der Waals surface area (Å²) in [6, 6.07) is 24.1. The standard InChI is InChI=1S/C30H26N2O3S/c1-3-35-22-14-11-19(12-15-22)17-26-29(33)32-28(21-8-6-9-23(18-21)34-2)25-16-13-20-7-4-5-10-24(20)27(25)31-30(32)36-26/h4-12,14-15,17-18,28H,3,13,16H2,1-2H3/b26-17+/t28-/m0/s1. The van der Waals surface area contributed by atoms with E-state index in [1.54, 1.807) is 7.11 Å². The summed E-state index contributed by atoms with van der Waals surface area (Å²) in [5.41, 5.74) is 6.61. The fourth-order valence-electron chi connectivity index (χ4n) is 5.11. The average Bonchev–Trinajstić information content (AvgIpc) is 3.23. The number of hydrogen-bond acceptors (Lipinski definition) is 5. The van der Waals surface area contributed by atoms with E-state index in [1.807, 2.05) is 60.0 Å². The van der Waals surface area contributed by atoms with Gasteiger partial charge >= 0.3 is 0 Å². The summed E-state index contributed by atoms with van der Waals surface area (Å²) >= 11 is 1.44. The largest absolute Gasteiger partial charge is 0.497 e. The van der Waals surface area contributed by atoms with Gasteiger partial charge in [-0.15, -0.1) is 0 Å². The van der Waals surface area contributed by atoms with Crippen LogP contribution in [0.15, 0.2) is 88.2 Å². The van der Waals surface area contributed by atoms with Gasteiger partial charge in [-0.2, -0.15) is 0 Å². The maximum absolute atomic E-state index is 13.8. The number of benzene rings is 3. The fraction of sp³-hybridized carbons (Fsp3) is 0.200. The van der Waals surface area contributed by atoms with Crippen LogP contribution in [-0.2, 0) is 6.42 Å². The van der Waals surface area contributed by atoms with Crippen LogP contribution in [0.2, 0.25) is 0 Å². The van der Waals surface area contributed by atoms with Crippen LogP contribution in [0.3, 0.4) is 0 Å². The Morgan fingerprint density at radius 1 is 1.03 bits per heavy atom. The minimum absolute atomic E-state index is 0.0223. The van der Waals surface area contributed by atoms with Crippen molar-refractivity contribution in [3.63, 3.8) is 0 Å². The molecule has 2 aliphatic rings. The quantitative estimate of drug-likeness (QED) is 0.403. The van der Waals surface area contributed by atoms with E-state index in [-0.39, 0.29) is 11.6 Å². The molecule has 0 N–H and O–H groups in total. The molecule has 1 aliphatic heterocycles. The predicted molar refractivity (Wildman–Crippen MR) is 143 cm³/mol. The second-order valence-electron chi connectivity index (χ2n) is 8.89. The van der Waals surface area contributed by atoms with E-state index < -0.39 is 0 Å². The zero-order valence-corrected chi connectivity index (χ0v) is 21.0. The lowest BCUT2D eigenvalue weighted by atomic mass is 9.83. The molecule has 0 saturated heterocycles. The fourth-order valence-corrected chi connectivity index (χ4v) is 6.11. The molecule has 3 aromatic carbocycles. The molecule has 6 rings (SSSR count). The summed E-state index contributed by atoms with van der Waals surface area (Å²) in [7, 11) is 1.67. The minimum Gasteiger partial charge on any atom is -0.497 e. The Balaban J connectivity index is 1.56. The van der Waals surface area contributed by atoms with Gasteiger partial charge in [-0.25, -0.2) is 4.99 Å². The molecule has 0 bridgehead atoms. The van der Waals surface area contributed by atoms with Crippen LogP contribution < -0.4 is 24.4 Å². The van der Waals surface area contributed by atoms with E-state index in [1.165, 1.54) is 22.5 Å². The number of rotatable bonds is 5. The van der Waals surface area contributed by atoms with Crippen molar-refractivity contribution < 1.29 is 9.47 Å². The van der Waals surface area contributed by atoms with Gasteiger partial charge in [0.15, 0.2) is 4.80 Å². The maximum Gasteiger partial charge on any atom is 0.271 e. The average molecular weight is 495 g/mol. The van der Waals surface area contributed by atoms with Gasteiger partial charge < -0.3 is 9.47 Å². The smallest absolute Gasteiger partial charge is 0.271 e. The molecule has 0 saturated carbocycles. The molecule has 5 nitrogen and oxygen atoms in total. The Bertz CT molecular complexity index is 1660. The van der Waals surface area contributed by atoms with Gasteiger partial charge in [-0.1, -0.05) is 59.9 Å². The second kappa shape index (κ2) is 9.28.